The Morgan fingerprint density at radius 1 is 1.06 bits per heavy atom. The van der Waals surface area contributed by atoms with Crippen LogP contribution in [0, 0.1) is 0 Å². The maximum absolute atomic E-state index is 5.51. The number of rotatable bonds is 8. The molecule has 0 saturated heterocycles. The summed E-state index contributed by atoms with van der Waals surface area (Å²) in [5.41, 5.74) is -0.349. The second-order valence-corrected chi connectivity index (χ2v) is 7.39. The summed E-state index contributed by atoms with van der Waals surface area (Å²) in [6, 6.07) is 0.763. The van der Waals surface area contributed by atoms with Crippen LogP contribution in [0.15, 0.2) is 0 Å². The minimum Gasteiger partial charge on any atom is -0.377 e. The van der Waals surface area contributed by atoms with Gasteiger partial charge in [0, 0.05) is 20.3 Å². The normalized spacial score (nSPS) is 13.1. The molecule has 0 aliphatic rings. The van der Waals surface area contributed by atoms with Crippen LogP contribution in [0.3, 0.4) is 0 Å². The molecule has 0 heterocycles. The third-order valence-electron chi connectivity index (χ3n) is 1.81. The summed E-state index contributed by atoms with van der Waals surface area (Å²) in [6.07, 6.45) is 0.939. The highest BCUT2D eigenvalue weighted by Gasteiger charge is 2.38. The van der Waals surface area contributed by atoms with Crippen LogP contribution in [0.25, 0.3) is 0 Å². The van der Waals surface area contributed by atoms with Crippen LogP contribution in [0.5, 0.6) is 0 Å². The Kier molecular flexibility index (Phi) is 7.37. The van der Waals surface area contributed by atoms with Crippen molar-refractivity contribution in [1.29, 1.82) is 0 Å². The molecule has 0 aromatic carbocycles. The Morgan fingerprint density at radius 2 is 1.62 bits per heavy atom. The average Bonchev–Trinajstić information content (AvgIpc) is 2.21. The van der Waals surface area contributed by atoms with Crippen molar-refractivity contribution in [3.63, 3.8) is 0 Å². The zero-order valence-corrected chi connectivity index (χ0v) is 12.2. The predicted octanol–water partition coefficient (Wildman–Crippen LogP) is 2.35. The molecule has 0 rings (SSSR count). The molecule has 0 spiro atoms. The lowest BCUT2D eigenvalue weighted by molar-refractivity contribution is -0.374. The molecule has 98 valence electrons. The molecule has 0 fully saturated rings. The third-order valence-corrected chi connectivity index (χ3v) is 4.73. The summed E-state index contributed by atoms with van der Waals surface area (Å²) >= 11 is 0. The molecule has 16 heavy (non-hydrogen) atoms. The summed E-state index contributed by atoms with van der Waals surface area (Å²) in [5.74, 6) is 0. The molecular formula is C10H24O5Si. The van der Waals surface area contributed by atoms with Crippen LogP contribution in [0.4, 0.5) is 0 Å². The molecule has 6 heteroatoms. The molecule has 0 aliphatic heterocycles. The smallest absolute Gasteiger partial charge is 0.377 e. The van der Waals surface area contributed by atoms with Crippen molar-refractivity contribution in [1.82, 2.24) is 0 Å². The first-order chi connectivity index (χ1) is 7.39. The minimum absolute atomic E-state index is 0.0190. The molecule has 0 unspecified atom stereocenters. The van der Waals surface area contributed by atoms with Crippen molar-refractivity contribution in [3.05, 3.63) is 0 Å². The lowest BCUT2D eigenvalue weighted by Crippen LogP contribution is -2.44. The fourth-order valence-electron chi connectivity index (χ4n) is 1.10. The van der Waals surface area contributed by atoms with E-state index in [2.05, 4.69) is 6.92 Å². The van der Waals surface area contributed by atoms with E-state index in [-0.39, 0.29) is 12.4 Å². The molecular weight excluding hydrogens is 228 g/mol. The summed E-state index contributed by atoms with van der Waals surface area (Å²) in [5, 5.41) is 0. The van der Waals surface area contributed by atoms with Crippen LogP contribution in [0.1, 0.15) is 34.1 Å². The summed E-state index contributed by atoms with van der Waals surface area (Å²) in [4.78, 5) is 10.0. The van der Waals surface area contributed by atoms with Gasteiger partial charge in [-0.2, -0.15) is 0 Å². The van der Waals surface area contributed by atoms with Crippen molar-refractivity contribution in [3.8, 4) is 0 Å². The molecule has 0 atom stereocenters. The van der Waals surface area contributed by atoms with Gasteiger partial charge >= 0.3 is 8.80 Å². The van der Waals surface area contributed by atoms with Crippen molar-refractivity contribution >= 4 is 8.80 Å². The first-order valence-electron chi connectivity index (χ1n) is 5.44. The van der Waals surface area contributed by atoms with Gasteiger partial charge in [0.1, 0.15) is 0 Å². The van der Waals surface area contributed by atoms with E-state index in [4.69, 9.17) is 23.1 Å². The summed E-state index contributed by atoms with van der Waals surface area (Å²) in [6.45, 7) is 7.77. The van der Waals surface area contributed by atoms with Gasteiger partial charge in [0.05, 0.1) is 5.60 Å². The van der Waals surface area contributed by atoms with E-state index in [9.17, 15) is 0 Å². The summed E-state index contributed by atoms with van der Waals surface area (Å²) in [7, 11) is 0.642. The van der Waals surface area contributed by atoms with E-state index in [1.807, 2.05) is 20.8 Å². The topological polar surface area (TPSA) is 46.2 Å². The molecule has 0 aliphatic carbocycles. The fourth-order valence-corrected chi connectivity index (χ4v) is 2.89. The van der Waals surface area contributed by atoms with Crippen molar-refractivity contribution in [2.24, 2.45) is 0 Å². The average molecular weight is 252 g/mol. The van der Waals surface area contributed by atoms with Gasteiger partial charge in [-0.3, -0.25) is 0 Å². The summed E-state index contributed by atoms with van der Waals surface area (Å²) < 4.78 is 16.1. The van der Waals surface area contributed by atoms with Crippen molar-refractivity contribution in [2.45, 2.75) is 45.8 Å². The van der Waals surface area contributed by atoms with Gasteiger partial charge < -0.3 is 13.3 Å². The molecule has 0 radical (unpaired) electrons. The Balaban J connectivity index is 3.93. The minimum atomic E-state index is -2.54. The van der Waals surface area contributed by atoms with E-state index in [0.29, 0.717) is 0 Å². The Labute approximate surface area is 99.3 Å². The highest BCUT2D eigenvalue weighted by Crippen LogP contribution is 2.16. The molecule has 0 aromatic rings. The number of hydrogen-bond acceptors (Lipinski definition) is 5. The quantitative estimate of drug-likeness (QED) is 0.218. The number of hydrogen-bond donors (Lipinski definition) is 0. The van der Waals surface area contributed by atoms with Crippen molar-refractivity contribution in [2.75, 3.05) is 21.0 Å². The second kappa shape index (κ2) is 7.36. The largest absolute Gasteiger partial charge is 0.502 e. The van der Waals surface area contributed by atoms with E-state index in [1.54, 1.807) is 14.2 Å². The zero-order valence-electron chi connectivity index (χ0n) is 11.2. The Bertz CT molecular complexity index is 177. The fraction of sp³-hybridized carbons (Fsp3) is 1.00. The van der Waals surface area contributed by atoms with E-state index < -0.39 is 8.80 Å². The van der Waals surface area contributed by atoms with Gasteiger partial charge in [-0.25, -0.2) is 9.78 Å². The standard InChI is InChI=1S/C10H24O5Si/c1-7-8-16(11-5,12-6)14-9-13-15-10(2,3)4/h7-9H2,1-6H3. The van der Waals surface area contributed by atoms with Crippen molar-refractivity contribution < 1.29 is 23.1 Å². The van der Waals surface area contributed by atoms with Crippen LogP contribution >= 0.6 is 0 Å². The molecule has 0 amide bonds. The maximum atomic E-state index is 5.51. The van der Waals surface area contributed by atoms with E-state index in [1.165, 1.54) is 0 Å². The molecule has 0 N–H and O–H groups in total. The van der Waals surface area contributed by atoms with Gasteiger partial charge in [-0.15, -0.1) is 0 Å². The SMILES string of the molecule is CCC[Si](OC)(OC)OCOOC(C)(C)C. The predicted molar refractivity (Wildman–Crippen MR) is 62.7 cm³/mol. The van der Waals surface area contributed by atoms with Gasteiger partial charge in [0.25, 0.3) is 0 Å². The van der Waals surface area contributed by atoms with Gasteiger partial charge in [-0.05, 0) is 20.8 Å². The highest BCUT2D eigenvalue weighted by molar-refractivity contribution is 6.60. The lowest BCUT2D eigenvalue weighted by atomic mass is 10.2. The second-order valence-electron chi connectivity index (χ2n) is 4.42. The third kappa shape index (κ3) is 6.57. The Hall–Kier alpha value is 0.0169. The highest BCUT2D eigenvalue weighted by atomic mass is 28.4. The first-order valence-corrected chi connectivity index (χ1v) is 7.37. The molecule has 0 saturated carbocycles. The van der Waals surface area contributed by atoms with E-state index >= 15 is 0 Å². The maximum Gasteiger partial charge on any atom is 0.502 e. The lowest BCUT2D eigenvalue weighted by Gasteiger charge is -2.26. The van der Waals surface area contributed by atoms with Crippen LogP contribution < -0.4 is 0 Å². The van der Waals surface area contributed by atoms with Crippen LogP contribution in [-0.4, -0.2) is 35.4 Å². The van der Waals surface area contributed by atoms with Gasteiger partial charge in [-0.1, -0.05) is 13.3 Å². The monoisotopic (exact) mass is 252 g/mol. The van der Waals surface area contributed by atoms with Gasteiger partial charge in [0.2, 0.25) is 0 Å². The Morgan fingerprint density at radius 3 is 2.00 bits per heavy atom. The van der Waals surface area contributed by atoms with Gasteiger partial charge in [0.15, 0.2) is 6.79 Å². The zero-order chi connectivity index (χ0) is 12.7. The van der Waals surface area contributed by atoms with E-state index in [0.717, 1.165) is 12.5 Å². The first kappa shape index (κ1) is 16.0. The van der Waals surface area contributed by atoms with Crippen LogP contribution in [-0.2, 0) is 23.1 Å². The van der Waals surface area contributed by atoms with Crippen LogP contribution in [0.2, 0.25) is 6.04 Å². The molecule has 0 bridgehead atoms. The molecule has 0 aromatic heterocycles. The molecule has 5 nitrogen and oxygen atoms in total.